The van der Waals surface area contributed by atoms with Gasteiger partial charge in [0.1, 0.15) is 24.8 Å². The second-order valence-electron chi connectivity index (χ2n) is 8.03. The Labute approximate surface area is 207 Å². The van der Waals surface area contributed by atoms with Gasteiger partial charge in [0.2, 0.25) is 5.95 Å². The quantitative estimate of drug-likeness (QED) is 0.382. The Morgan fingerprint density at radius 3 is 2.53 bits per heavy atom. The molecule has 4 aromatic rings. The van der Waals surface area contributed by atoms with Crippen LogP contribution in [0.5, 0.6) is 11.5 Å². The van der Waals surface area contributed by atoms with Crippen molar-refractivity contribution in [3.63, 3.8) is 0 Å². The summed E-state index contributed by atoms with van der Waals surface area (Å²) < 4.78 is 31.6. The summed E-state index contributed by atoms with van der Waals surface area (Å²) >= 11 is 0. The van der Waals surface area contributed by atoms with Gasteiger partial charge in [-0.3, -0.25) is 0 Å². The lowest BCUT2D eigenvalue weighted by Crippen LogP contribution is -2.29. The van der Waals surface area contributed by atoms with E-state index in [-0.39, 0.29) is 12.4 Å². The van der Waals surface area contributed by atoms with E-state index >= 15 is 0 Å². The molecule has 1 aliphatic heterocycles. The van der Waals surface area contributed by atoms with E-state index in [1.807, 2.05) is 36.4 Å². The molecule has 182 valence electrons. The molecule has 1 atom stereocenters. The van der Waals surface area contributed by atoms with Gasteiger partial charge in [-0.15, -0.1) is 0 Å². The summed E-state index contributed by atoms with van der Waals surface area (Å²) in [5, 5.41) is 7.60. The minimum Gasteiger partial charge on any atom is -0.493 e. The van der Waals surface area contributed by atoms with E-state index in [4.69, 9.17) is 14.2 Å². The average Bonchev–Trinajstić information content (AvgIpc) is 3.40. The number of rotatable bonds is 7. The van der Waals surface area contributed by atoms with Crippen molar-refractivity contribution in [3.8, 4) is 11.5 Å². The molecule has 1 unspecified atom stereocenters. The van der Waals surface area contributed by atoms with Gasteiger partial charge >= 0.3 is 5.97 Å². The maximum atomic E-state index is 13.2. The molecule has 1 aliphatic rings. The van der Waals surface area contributed by atoms with E-state index in [2.05, 4.69) is 15.4 Å². The molecule has 2 heterocycles. The first-order chi connectivity index (χ1) is 17.6. The molecular formula is C27H23FN4O4. The Balaban J connectivity index is 1.56. The summed E-state index contributed by atoms with van der Waals surface area (Å²) in [5.41, 5.74) is 3.32. The van der Waals surface area contributed by atoms with Crippen molar-refractivity contribution in [1.29, 1.82) is 0 Å². The van der Waals surface area contributed by atoms with E-state index in [0.717, 1.165) is 16.7 Å². The number of nitrogens with zero attached hydrogens (tertiary/aromatic N) is 3. The van der Waals surface area contributed by atoms with E-state index in [1.54, 1.807) is 36.1 Å². The van der Waals surface area contributed by atoms with Crippen LogP contribution in [-0.2, 0) is 16.1 Å². The summed E-state index contributed by atoms with van der Waals surface area (Å²) in [7, 11) is 2.89. The first-order valence-electron chi connectivity index (χ1n) is 11.2. The molecule has 3 aromatic carbocycles. The van der Waals surface area contributed by atoms with Crippen molar-refractivity contribution >= 4 is 17.6 Å². The summed E-state index contributed by atoms with van der Waals surface area (Å²) in [6, 6.07) is 20.4. The second kappa shape index (κ2) is 9.91. The number of hydrogen-bond acceptors (Lipinski definition) is 7. The van der Waals surface area contributed by atoms with Crippen LogP contribution in [0, 0.1) is 5.82 Å². The number of aromatic nitrogens is 3. The fourth-order valence-corrected chi connectivity index (χ4v) is 4.15. The third-order valence-electron chi connectivity index (χ3n) is 5.88. The third-order valence-corrected chi connectivity index (χ3v) is 5.88. The maximum Gasteiger partial charge on any atom is 0.338 e. The highest BCUT2D eigenvalue weighted by atomic mass is 19.1. The normalized spacial score (nSPS) is 14.6. The minimum atomic E-state index is -0.633. The molecule has 0 bridgehead atoms. The Morgan fingerprint density at radius 2 is 1.81 bits per heavy atom. The lowest BCUT2D eigenvalue weighted by Gasteiger charge is -2.29. The molecule has 0 amide bonds. The Morgan fingerprint density at radius 1 is 1.03 bits per heavy atom. The van der Waals surface area contributed by atoms with Crippen LogP contribution < -0.4 is 14.8 Å². The first kappa shape index (κ1) is 23.1. The minimum absolute atomic E-state index is 0.238. The second-order valence-corrected chi connectivity index (χ2v) is 8.03. The SMILES string of the molecule is COC(=O)C1=C(c2ccccc2)Nc2ncnn2C1c1ccc(OCc2ccc(F)cc2)c(OC)c1. The van der Waals surface area contributed by atoms with Gasteiger partial charge in [-0.25, -0.2) is 13.9 Å². The zero-order valence-corrected chi connectivity index (χ0v) is 19.6. The predicted molar refractivity (Wildman–Crippen MR) is 131 cm³/mol. The van der Waals surface area contributed by atoms with Crippen LogP contribution in [0.15, 0.2) is 84.7 Å². The molecule has 0 radical (unpaired) electrons. The van der Waals surface area contributed by atoms with Crippen molar-refractivity contribution < 1.29 is 23.4 Å². The smallest absolute Gasteiger partial charge is 0.338 e. The molecule has 5 rings (SSSR count). The predicted octanol–water partition coefficient (Wildman–Crippen LogP) is 4.60. The van der Waals surface area contributed by atoms with Crippen molar-refractivity contribution in [3.05, 3.63) is 107 Å². The molecule has 0 spiro atoms. The third kappa shape index (κ3) is 4.38. The first-order valence-corrected chi connectivity index (χ1v) is 11.2. The van der Waals surface area contributed by atoms with Crippen molar-refractivity contribution in [2.45, 2.75) is 12.6 Å². The molecule has 8 nitrogen and oxygen atoms in total. The number of anilines is 1. The fraction of sp³-hybridized carbons (Fsp3) is 0.148. The number of carbonyl (C=O) groups is 1. The van der Waals surface area contributed by atoms with E-state index in [0.29, 0.717) is 28.7 Å². The Hall–Kier alpha value is -4.66. The van der Waals surface area contributed by atoms with Crippen molar-refractivity contribution in [2.24, 2.45) is 0 Å². The van der Waals surface area contributed by atoms with Gasteiger partial charge < -0.3 is 19.5 Å². The molecule has 0 saturated heterocycles. The zero-order valence-electron chi connectivity index (χ0n) is 19.6. The van der Waals surface area contributed by atoms with Crippen LogP contribution in [0.3, 0.4) is 0 Å². The molecule has 0 fully saturated rings. The number of hydrogen-bond donors (Lipinski definition) is 1. The van der Waals surface area contributed by atoms with Crippen LogP contribution in [0.25, 0.3) is 5.70 Å². The molecule has 0 aliphatic carbocycles. The number of carbonyl (C=O) groups excluding carboxylic acids is 1. The van der Waals surface area contributed by atoms with Gasteiger partial charge in [-0.2, -0.15) is 10.1 Å². The van der Waals surface area contributed by atoms with Gasteiger partial charge in [-0.1, -0.05) is 48.5 Å². The highest BCUT2D eigenvalue weighted by Crippen LogP contribution is 2.41. The molecule has 1 aromatic heterocycles. The van der Waals surface area contributed by atoms with Crippen molar-refractivity contribution in [1.82, 2.24) is 14.8 Å². The van der Waals surface area contributed by atoms with Gasteiger partial charge in [0.15, 0.2) is 11.5 Å². The number of benzene rings is 3. The van der Waals surface area contributed by atoms with E-state index in [9.17, 15) is 9.18 Å². The lowest BCUT2D eigenvalue weighted by atomic mass is 9.92. The number of methoxy groups -OCH3 is 2. The fourth-order valence-electron chi connectivity index (χ4n) is 4.15. The molecule has 9 heteroatoms. The number of esters is 1. The summed E-state index contributed by atoms with van der Waals surface area (Å²) in [5.74, 6) is 0.662. The standard InChI is InChI=1S/C27H23FN4O4/c1-34-22-14-19(10-13-21(22)36-15-17-8-11-20(28)12-9-17)25-23(26(33)35-2)24(18-6-4-3-5-7-18)31-27-29-16-30-32(25)27/h3-14,16,25H,15H2,1-2H3,(H,29,30,31). The van der Waals surface area contributed by atoms with Crippen LogP contribution >= 0.6 is 0 Å². The maximum absolute atomic E-state index is 13.2. The summed E-state index contributed by atoms with van der Waals surface area (Å²) in [6.07, 6.45) is 1.43. The monoisotopic (exact) mass is 486 g/mol. The van der Waals surface area contributed by atoms with Crippen LogP contribution in [0.1, 0.15) is 22.7 Å². The molecule has 1 N–H and O–H groups in total. The van der Waals surface area contributed by atoms with Gasteiger partial charge in [-0.05, 0) is 41.0 Å². The highest BCUT2D eigenvalue weighted by Gasteiger charge is 2.36. The van der Waals surface area contributed by atoms with Gasteiger partial charge in [0, 0.05) is 0 Å². The van der Waals surface area contributed by atoms with Crippen LogP contribution in [0.2, 0.25) is 0 Å². The number of halogens is 1. The number of fused-ring (bicyclic) bond motifs is 1. The number of nitrogens with one attached hydrogen (secondary N) is 1. The van der Waals surface area contributed by atoms with Gasteiger partial charge in [0.25, 0.3) is 0 Å². The zero-order chi connectivity index (χ0) is 25.1. The van der Waals surface area contributed by atoms with Crippen molar-refractivity contribution in [2.75, 3.05) is 19.5 Å². The Bertz CT molecular complexity index is 1420. The lowest BCUT2D eigenvalue weighted by molar-refractivity contribution is -0.136. The summed E-state index contributed by atoms with van der Waals surface area (Å²) in [6.45, 7) is 0.238. The molecule has 0 saturated carbocycles. The highest BCUT2D eigenvalue weighted by molar-refractivity contribution is 6.02. The Kier molecular flexibility index (Phi) is 6.36. The number of ether oxygens (including phenoxy) is 3. The molecular weight excluding hydrogens is 463 g/mol. The molecule has 36 heavy (non-hydrogen) atoms. The summed E-state index contributed by atoms with van der Waals surface area (Å²) in [4.78, 5) is 17.4. The van der Waals surface area contributed by atoms with E-state index in [1.165, 1.54) is 25.6 Å². The van der Waals surface area contributed by atoms with E-state index < -0.39 is 12.0 Å². The largest absolute Gasteiger partial charge is 0.493 e. The van der Waals surface area contributed by atoms with Crippen LogP contribution in [0.4, 0.5) is 10.3 Å². The van der Waals surface area contributed by atoms with Crippen LogP contribution in [-0.4, -0.2) is 35.0 Å². The average molecular weight is 487 g/mol. The van der Waals surface area contributed by atoms with Gasteiger partial charge in [0.05, 0.1) is 25.5 Å². The topological polar surface area (TPSA) is 87.5 Å².